The van der Waals surface area contributed by atoms with E-state index in [2.05, 4.69) is 79.9 Å². The maximum absolute atomic E-state index is 13.0. The lowest BCUT2D eigenvalue weighted by Gasteiger charge is -2.29. The van der Waals surface area contributed by atoms with E-state index in [1.807, 2.05) is 27.2 Å². The van der Waals surface area contributed by atoms with Crippen LogP contribution in [0.2, 0.25) is 0 Å². The molecule has 0 fully saturated rings. The predicted molar refractivity (Wildman–Crippen MR) is 344 cm³/mol. The van der Waals surface area contributed by atoms with Crippen molar-refractivity contribution in [2.75, 3.05) is 40.9 Å². The lowest BCUT2D eigenvalue weighted by molar-refractivity contribution is -0.870. The summed E-state index contributed by atoms with van der Waals surface area (Å²) < 4.78 is 23.4. The molecule has 0 aliphatic rings. The Labute approximate surface area is 491 Å². The first-order valence-electron chi connectivity index (χ1n) is 33.8. The number of quaternary nitrogens is 1. The van der Waals surface area contributed by atoms with Crippen molar-refractivity contribution >= 4 is 13.7 Å². The maximum Gasteiger partial charge on any atom is 0.268 e. The average Bonchev–Trinajstić information content (AvgIpc) is 3.42. The summed E-state index contributed by atoms with van der Waals surface area (Å²) in [5.74, 6) is -0.209. The van der Waals surface area contributed by atoms with E-state index in [0.717, 1.165) is 57.8 Å². The number of rotatable bonds is 62. The Balaban J connectivity index is 4.15. The van der Waals surface area contributed by atoms with Crippen LogP contribution in [0.15, 0.2) is 72.9 Å². The molecule has 0 aromatic heterocycles. The van der Waals surface area contributed by atoms with E-state index in [1.54, 1.807) is 6.08 Å². The maximum atomic E-state index is 13.0. The molecule has 0 radical (unpaired) electrons. The van der Waals surface area contributed by atoms with Gasteiger partial charge in [-0.05, 0) is 83.5 Å². The Kier molecular flexibility index (Phi) is 59.0. The second-order valence-electron chi connectivity index (χ2n) is 24.2. The molecule has 0 spiro atoms. The van der Waals surface area contributed by atoms with Crippen LogP contribution in [0.25, 0.3) is 0 Å². The van der Waals surface area contributed by atoms with Gasteiger partial charge in [-0.3, -0.25) is 9.36 Å². The first-order chi connectivity index (χ1) is 38.5. The van der Waals surface area contributed by atoms with Crippen molar-refractivity contribution in [2.45, 2.75) is 328 Å². The van der Waals surface area contributed by atoms with Gasteiger partial charge in [-0.1, -0.05) is 299 Å². The van der Waals surface area contributed by atoms with Gasteiger partial charge >= 0.3 is 0 Å². The number of unbranched alkanes of at least 4 members (excludes halogenated alkanes) is 39. The molecule has 9 heteroatoms. The van der Waals surface area contributed by atoms with Gasteiger partial charge in [0.1, 0.15) is 13.2 Å². The molecule has 0 saturated carbocycles. The normalized spacial score (nSPS) is 14.2. The van der Waals surface area contributed by atoms with E-state index in [0.29, 0.717) is 17.4 Å². The first-order valence-corrected chi connectivity index (χ1v) is 35.3. The Hall–Kier alpha value is -2.06. The molecule has 2 N–H and O–H groups in total. The van der Waals surface area contributed by atoms with Crippen molar-refractivity contribution in [3.8, 4) is 0 Å². The van der Waals surface area contributed by atoms with Crippen LogP contribution in [0.3, 0.4) is 0 Å². The summed E-state index contributed by atoms with van der Waals surface area (Å²) >= 11 is 0. The summed E-state index contributed by atoms with van der Waals surface area (Å²) in [7, 11) is 1.24. The molecule has 0 rings (SSSR count). The molecule has 0 saturated heterocycles. The number of aliphatic hydroxyl groups is 1. The molecule has 0 aliphatic heterocycles. The van der Waals surface area contributed by atoms with Gasteiger partial charge in [0.15, 0.2) is 0 Å². The van der Waals surface area contributed by atoms with E-state index >= 15 is 0 Å². The highest BCUT2D eigenvalue weighted by Gasteiger charge is 2.23. The Morgan fingerprint density at radius 3 is 1.11 bits per heavy atom. The smallest absolute Gasteiger partial charge is 0.268 e. The van der Waals surface area contributed by atoms with Gasteiger partial charge < -0.3 is 28.8 Å². The molecule has 1 amide bonds. The van der Waals surface area contributed by atoms with Crippen LogP contribution in [-0.2, 0) is 18.4 Å². The Morgan fingerprint density at radius 2 is 0.747 bits per heavy atom. The summed E-state index contributed by atoms with van der Waals surface area (Å²) in [6.07, 6.45) is 84.5. The molecule has 79 heavy (non-hydrogen) atoms. The molecule has 0 aromatic rings. The highest BCUT2D eigenvalue weighted by molar-refractivity contribution is 7.45. The van der Waals surface area contributed by atoms with Gasteiger partial charge in [-0.25, -0.2) is 0 Å². The van der Waals surface area contributed by atoms with Crippen LogP contribution in [-0.4, -0.2) is 68.5 Å². The third-order valence-electron chi connectivity index (χ3n) is 15.1. The van der Waals surface area contributed by atoms with Crippen molar-refractivity contribution in [2.24, 2.45) is 0 Å². The van der Waals surface area contributed by atoms with Gasteiger partial charge in [-0.15, -0.1) is 0 Å². The van der Waals surface area contributed by atoms with Crippen molar-refractivity contribution in [3.05, 3.63) is 72.9 Å². The molecule has 8 nitrogen and oxygen atoms in total. The topological polar surface area (TPSA) is 108 Å². The number of nitrogens with zero attached hydrogens (tertiary/aromatic N) is 1. The first kappa shape index (κ1) is 76.9. The van der Waals surface area contributed by atoms with Crippen molar-refractivity contribution in [1.29, 1.82) is 0 Å². The number of phosphoric ester groups is 1. The molecule has 3 unspecified atom stereocenters. The van der Waals surface area contributed by atoms with E-state index in [9.17, 15) is 19.4 Å². The lowest BCUT2D eigenvalue weighted by atomic mass is 10.0. The number of carbonyl (C=O) groups is 1. The van der Waals surface area contributed by atoms with Gasteiger partial charge in [0.05, 0.1) is 39.9 Å². The lowest BCUT2D eigenvalue weighted by Crippen LogP contribution is -2.45. The molecular formula is C70H131N2O6P. The Bertz CT molecular complexity index is 1520. The highest BCUT2D eigenvalue weighted by Crippen LogP contribution is 2.38. The molecule has 0 heterocycles. The number of aliphatic hydroxyl groups excluding tert-OH is 1. The van der Waals surface area contributed by atoms with E-state index in [1.165, 1.54) is 238 Å². The minimum absolute atomic E-state index is 0.0104. The second-order valence-corrected chi connectivity index (χ2v) is 25.6. The average molecular weight is 1130 g/mol. The molecule has 3 atom stereocenters. The zero-order chi connectivity index (χ0) is 57.7. The van der Waals surface area contributed by atoms with Crippen molar-refractivity contribution < 1.29 is 32.9 Å². The van der Waals surface area contributed by atoms with E-state index in [4.69, 9.17) is 9.05 Å². The number of phosphoric acid groups is 1. The van der Waals surface area contributed by atoms with Gasteiger partial charge in [0.25, 0.3) is 7.82 Å². The second kappa shape index (κ2) is 60.5. The number of carbonyl (C=O) groups excluding carboxylic acids is 1. The zero-order valence-corrected chi connectivity index (χ0v) is 53.7. The fraction of sp³-hybridized carbons (Fsp3) is 0.814. The van der Waals surface area contributed by atoms with Gasteiger partial charge in [0.2, 0.25) is 5.91 Å². The predicted octanol–water partition coefficient (Wildman–Crippen LogP) is 20.8. The molecule has 0 bridgehead atoms. The highest BCUT2D eigenvalue weighted by atomic mass is 31.2. The summed E-state index contributed by atoms with van der Waals surface area (Å²) in [5.41, 5.74) is 0. The standard InChI is InChI=1S/C70H131N2O6P/c1-6-8-10-12-14-16-18-20-22-24-26-28-30-32-34-35-36-37-38-40-42-44-46-48-50-52-54-56-58-60-62-64-70(74)71-68(67-78-79(75,76)77-66-65-72(3,4)5)69(73)63-61-59-57-55-53-51-49-47-45-43-41-39-33-31-29-27-25-23-21-19-17-15-13-11-9-7-2/h18,20,24,26,30,32,45,47,53,55,61,63,68-69,73H,6-17,19,21-23,25,27-29,31,33-44,46,48-52,54,56-60,62,64-67H2,1-5H3,(H-,71,74,75,76)/b20-18-,26-24-,32-30-,47-45+,55-53+,63-61+. The Morgan fingerprint density at radius 1 is 0.443 bits per heavy atom. The van der Waals surface area contributed by atoms with Crippen molar-refractivity contribution in [1.82, 2.24) is 5.32 Å². The molecular weight excluding hydrogens is 996 g/mol. The summed E-state index contributed by atoms with van der Waals surface area (Å²) in [5, 5.41) is 13.9. The zero-order valence-electron chi connectivity index (χ0n) is 52.8. The molecule has 462 valence electrons. The van der Waals surface area contributed by atoms with Crippen molar-refractivity contribution in [3.63, 3.8) is 0 Å². The number of amides is 1. The van der Waals surface area contributed by atoms with Crippen LogP contribution in [0.4, 0.5) is 0 Å². The van der Waals surface area contributed by atoms with Crippen LogP contribution in [0.5, 0.6) is 0 Å². The number of hydrogen-bond donors (Lipinski definition) is 2. The quantitative estimate of drug-likeness (QED) is 0.0272. The summed E-state index contributed by atoms with van der Waals surface area (Å²) in [6.45, 7) is 4.64. The van der Waals surface area contributed by atoms with Crippen LogP contribution in [0.1, 0.15) is 316 Å². The summed E-state index contributed by atoms with van der Waals surface area (Å²) in [4.78, 5) is 25.6. The van der Waals surface area contributed by atoms with Crippen LogP contribution < -0.4 is 10.2 Å². The van der Waals surface area contributed by atoms with Crippen LogP contribution in [0, 0.1) is 0 Å². The number of allylic oxidation sites excluding steroid dienone is 11. The third-order valence-corrected chi connectivity index (χ3v) is 16.1. The minimum atomic E-state index is -4.62. The fourth-order valence-electron chi connectivity index (χ4n) is 9.84. The number of hydrogen-bond acceptors (Lipinski definition) is 6. The van der Waals surface area contributed by atoms with Crippen LogP contribution >= 0.6 is 7.82 Å². The van der Waals surface area contributed by atoms with Gasteiger partial charge in [0, 0.05) is 6.42 Å². The van der Waals surface area contributed by atoms with E-state index in [-0.39, 0.29) is 12.5 Å². The monoisotopic (exact) mass is 1130 g/mol. The molecule has 0 aromatic carbocycles. The summed E-state index contributed by atoms with van der Waals surface area (Å²) in [6, 6.07) is -0.914. The molecule has 0 aliphatic carbocycles. The number of likely N-dealkylation sites (N-methyl/N-ethyl adjacent to an activating group) is 1. The largest absolute Gasteiger partial charge is 0.756 e. The third kappa shape index (κ3) is 63.4. The fourth-order valence-corrected chi connectivity index (χ4v) is 10.6. The van der Waals surface area contributed by atoms with Gasteiger partial charge in [-0.2, -0.15) is 0 Å². The number of nitrogens with one attached hydrogen (secondary N) is 1. The minimum Gasteiger partial charge on any atom is -0.756 e. The SMILES string of the molecule is CCCCCCC/C=C\C/C=C\C/C=C\CCCCCCCCCCCCCCCCCCC(=O)NC(COP(=O)([O-])OCC[N+](C)(C)C)C(O)/C=C/CC/C=C/CC/C=C/CCCCCCCCCCCCCCCCCC. The van der Waals surface area contributed by atoms with E-state index < -0.39 is 26.6 Å².